The normalized spacial score (nSPS) is 15.7. The average molecular weight is 203 g/mol. The molecule has 3 N–H and O–H groups in total. The van der Waals surface area contributed by atoms with Crippen molar-refractivity contribution in [1.82, 2.24) is 0 Å². The van der Waals surface area contributed by atoms with Crippen molar-refractivity contribution in [3.05, 3.63) is 41.0 Å². The number of fused-ring (bicyclic) bond motifs is 1. The van der Waals surface area contributed by atoms with E-state index in [0.29, 0.717) is 6.42 Å². The van der Waals surface area contributed by atoms with Gasteiger partial charge >= 0.3 is 5.97 Å². The molecule has 78 valence electrons. The topological polar surface area (TPSA) is 63.3 Å². The molecule has 0 bridgehead atoms. The maximum Gasteiger partial charge on any atom is 0.320 e. The summed E-state index contributed by atoms with van der Waals surface area (Å²) in [4.78, 5) is 10.6. The molecule has 0 spiro atoms. The van der Waals surface area contributed by atoms with Crippen LogP contribution in [0.25, 0.3) is 6.08 Å². The highest BCUT2D eigenvalue weighted by Gasteiger charge is 2.18. The van der Waals surface area contributed by atoms with Crippen molar-refractivity contribution in [3.8, 4) is 0 Å². The lowest BCUT2D eigenvalue weighted by Gasteiger charge is -2.06. The zero-order chi connectivity index (χ0) is 10.8. The third-order valence-corrected chi connectivity index (χ3v) is 2.63. The fraction of sp³-hybridized carbons (Fsp3) is 0.250. The molecule has 1 atom stereocenters. The summed E-state index contributed by atoms with van der Waals surface area (Å²) in [6.07, 6.45) is 3.30. The Morgan fingerprint density at radius 2 is 2.20 bits per heavy atom. The van der Waals surface area contributed by atoms with Gasteiger partial charge in [-0.2, -0.15) is 0 Å². The third kappa shape index (κ3) is 2.07. The fourth-order valence-electron chi connectivity index (χ4n) is 1.85. The Bertz CT molecular complexity index is 423. The molecule has 15 heavy (non-hydrogen) atoms. The van der Waals surface area contributed by atoms with Crippen molar-refractivity contribution in [3.63, 3.8) is 0 Å². The molecule has 0 saturated heterocycles. The second-order valence-corrected chi connectivity index (χ2v) is 3.83. The van der Waals surface area contributed by atoms with E-state index >= 15 is 0 Å². The number of carbonyl (C=O) groups is 1. The van der Waals surface area contributed by atoms with Crippen LogP contribution in [0.4, 0.5) is 0 Å². The lowest BCUT2D eigenvalue weighted by Crippen LogP contribution is -2.30. The van der Waals surface area contributed by atoms with Crippen molar-refractivity contribution in [2.24, 2.45) is 5.73 Å². The number of rotatable bonds is 3. The molecule has 1 aliphatic carbocycles. The number of benzene rings is 1. The van der Waals surface area contributed by atoms with Crippen LogP contribution in [0, 0.1) is 0 Å². The molecule has 0 amide bonds. The van der Waals surface area contributed by atoms with E-state index in [1.165, 1.54) is 11.1 Å². The molecule has 1 aliphatic rings. The molecule has 2 rings (SSSR count). The van der Waals surface area contributed by atoms with E-state index in [1.807, 2.05) is 24.3 Å². The molecule has 0 aliphatic heterocycles. The largest absolute Gasteiger partial charge is 0.480 e. The molecular formula is C12H13NO2. The zero-order valence-electron chi connectivity index (χ0n) is 8.31. The molecule has 1 aromatic rings. The van der Waals surface area contributed by atoms with Gasteiger partial charge in [0.05, 0.1) is 0 Å². The third-order valence-electron chi connectivity index (χ3n) is 2.63. The number of hydrogen-bond donors (Lipinski definition) is 2. The Kier molecular flexibility index (Phi) is 2.56. The predicted molar refractivity (Wildman–Crippen MR) is 58.4 cm³/mol. The van der Waals surface area contributed by atoms with Gasteiger partial charge in [-0.15, -0.1) is 0 Å². The van der Waals surface area contributed by atoms with Gasteiger partial charge in [-0.25, -0.2) is 0 Å². The monoisotopic (exact) mass is 203 g/mol. The van der Waals surface area contributed by atoms with E-state index in [4.69, 9.17) is 10.8 Å². The minimum atomic E-state index is -0.938. The van der Waals surface area contributed by atoms with Gasteiger partial charge < -0.3 is 10.8 Å². The lowest BCUT2D eigenvalue weighted by atomic mass is 10.0. The smallest absolute Gasteiger partial charge is 0.320 e. The number of aliphatic carboxylic acids is 1. The zero-order valence-corrected chi connectivity index (χ0v) is 8.31. The average Bonchev–Trinajstić information content (AvgIpc) is 2.59. The molecule has 0 unspecified atom stereocenters. The lowest BCUT2D eigenvalue weighted by molar-refractivity contribution is -0.138. The molecular weight excluding hydrogens is 190 g/mol. The van der Waals surface area contributed by atoms with Crippen LogP contribution in [0.5, 0.6) is 0 Å². The summed E-state index contributed by atoms with van der Waals surface area (Å²) < 4.78 is 0. The van der Waals surface area contributed by atoms with E-state index in [1.54, 1.807) is 0 Å². The standard InChI is InChI=1S/C12H13NO2/c13-11(12(14)15)7-8-5-9-3-1-2-4-10(9)6-8/h1-5,11H,6-7,13H2,(H,14,15)/t11-/m1/s1. The Balaban J connectivity index is 2.08. The van der Waals surface area contributed by atoms with E-state index in [-0.39, 0.29) is 0 Å². The minimum Gasteiger partial charge on any atom is -0.480 e. The summed E-state index contributed by atoms with van der Waals surface area (Å²) in [6, 6.07) is 7.28. The van der Waals surface area contributed by atoms with Crippen LogP contribution < -0.4 is 5.73 Å². The SMILES string of the molecule is N[C@H](CC1=Cc2ccccc2C1)C(=O)O. The number of carboxylic acids is 1. The molecule has 3 nitrogen and oxygen atoms in total. The first-order valence-corrected chi connectivity index (χ1v) is 4.92. The van der Waals surface area contributed by atoms with Gasteiger partial charge in [0, 0.05) is 0 Å². The Hall–Kier alpha value is -1.61. The van der Waals surface area contributed by atoms with Crippen molar-refractivity contribution in [2.45, 2.75) is 18.9 Å². The van der Waals surface area contributed by atoms with Gasteiger partial charge in [0.25, 0.3) is 0 Å². The van der Waals surface area contributed by atoms with Crippen molar-refractivity contribution < 1.29 is 9.90 Å². The summed E-state index contributed by atoms with van der Waals surface area (Å²) in [5.74, 6) is -0.938. The van der Waals surface area contributed by atoms with Crippen LogP contribution in [-0.2, 0) is 11.2 Å². The van der Waals surface area contributed by atoms with Gasteiger partial charge in [-0.3, -0.25) is 4.79 Å². The number of carboxylic acid groups (broad SMARTS) is 1. The summed E-state index contributed by atoms with van der Waals surface area (Å²) in [5, 5.41) is 8.71. The summed E-state index contributed by atoms with van der Waals surface area (Å²) in [6.45, 7) is 0. The Morgan fingerprint density at radius 1 is 1.47 bits per heavy atom. The van der Waals surface area contributed by atoms with Crippen molar-refractivity contribution in [1.29, 1.82) is 0 Å². The molecule has 0 heterocycles. The highest BCUT2D eigenvalue weighted by molar-refractivity contribution is 5.74. The number of nitrogens with two attached hydrogens (primary N) is 1. The van der Waals surface area contributed by atoms with Crippen molar-refractivity contribution >= 4 is 12.0 Å². The molecule has 1 aromatic carbocycles. The maximum absolute atomic E-state index is 10.6. The molecule has 0 aromatic heterocycles. The van der Waals surface area contributed by atoms with Crippen LogP contribution in [0.2, 0.25) is 0 Å². The van der Waals surface area contributed by atoms with Gasteiger partial charge in [0.15, 0.2) is 0 Å². The van der Waals surface area contributed by atoms with Gasteiger partial charge in [0.2, 0.25) is 0 Å². The van der Waals surface area contributed by atoms with E-state index in [9.17, 15) is 4.79 Å². The van der Waals surface area contributed by atoms with Crippen LogP contribution in [-0.4, -0.2) is 17.1 Å². The maximum atomic E-state index is 10.6. The number of hydrogen-bond acceptors (Lipinski definition) is 2. The van der Waals surface area contributed by atoms with Gasteiger partial charge in [-0.05, 0) is 24.0 Å². The van der Waals surface area contributed by atoms with Gasteiger partial charge in [0.1, 0.15) is 6.04 Å². The van der Waals surface area contributed by atoms with E-state index in [0.717, 1.165) is 12.0 Å². The van der Waals surface area contributed by atoms with Gasteiger partial charge in [-0.1, -0.05) is 35.9 Å². The molecule has 0 radical (unpaired) electrons. The minimum absolute atomic E-state index is 0.435. The molecule has 0 fully saturated rings. The van der Waals surface area contributed by atoms with Crippen molar-refractivity contribution in [2.75, 3.05) is 0 Å². The first kappa shape index (κ1) is 9.93. The summed E-state index contributed by atoms with van der Waals surface area (Å²) in [7, 11) is 0. The quantitative estimate of drug-likeness (QED) is 0.781. The summed E-state index contributed by atoms with van der Waals surface area (Å²) in [5.41, 5.74) is 9.03. The highest BCUT2D eigenvalue weighted by atomic mass is 16.4. The second-order valence-electron chi connectivity index (χ2n) is 3.83. The van der Waals surface area contributed by atoms with E-state index in [2.05, 4.69) is 6.07 Å². The van der Waals surface area contributed by atoms with Crippen LogP contribution in [0.3, 0.4) is 0 Å². The summed E-state index contributed by atoms with van der Waals surface area (Å²) >= 11 is 0. The first-order chi connectivity index (χ1) is 7.16. The fourth-order valence-corrected chi connectivity index (χ4v) is 1.85. The van der Waals surface area contributed by atoms with Crippen LogP contribution >= 0.6 is 0 Å². The van der Waals surface area contributed by atoms with Crippen LogP contribution in [0.15, 0.2) is 29.8 Å². The molecule has 3 heteroatoms. The first-order valence-electron chi connectivity index (χ1n) is 4.92. The van der Waals surface area contributed by atoms with Crippen LogP contribution in [0.1, 0.15) is 17.5 Å². The van der Waals surface area contributed by atoms with E-state index < -0.39 is 12.0 Å². The Morgan fingerprint density at radius 3 is 2.87 bits per heavy atom. The predicted octanol–water partition coefficient (Wildman–Crippen LogP) is 1.43. The second kappa shape index (κ2) is 3.87. The Labute approximate surface area is 88.2 Å². The highest BCUT2D eigenvalue weighted by Crippen LogP contribution is 2.26. The molecule has 0 saturated carbocycles.